The molecular formula is C19H17N7O3. The first kappa shape index (κ1) is 18.4. The summed E-state index contributed by atoms with van der Waals surface area (Å²) in [5.41, 5.74) is 2.81. The molecule has 1 aliphatic rings. The maximum Gasteiger partial charge on any atom is 0.407 e. The summed E-state index contributed by atoms with van der Waals surface area (Å²) in [5.74, 6) is 0.794. The quantitative estimate of drug-likeness (QED) is 0.685. The van der Waals surface area contributed by atoms with Crippen LogP contribution in [-0.2, 0) is 0 Å². The third-order valence-corrected chi connectivity index (χ3v) is 4.74. The van der Waals surface area contributed by atoms with Crippen LogP contribution in [0, 0.1) is 11.3 Å². The van der Waals surface area contributed by atoms with E-state index in [0.29, 0.717) is 53.2 Å². The minimum Gasteiger partial charge on any atom is -0.480 e. The molecule has 10 heteroatoms. The van der Waals surface area contributed by atoms with E-state index in [2.05, 4.69) is 31.3 Å². The van der Waals surface area contributed by atoms with Crippen LogP contribution in [0.25, 0.3) is 22.3 Å². The van der Waals surface area contributed by atoms with Crippen molar-refractivity contribution in [1.29, 1.82) is 5.26 Å². The van der Waals surface area contributed by atoms with Crippen LogP contribution >= 0.6 is 0 Å². The number of likely N-dealkylation sites (tertiary alicyclic amines) is 1. The van der Waals surface area contributed by atoms with E-state index in [-0.39, 0.29) is 11.9 Å². The first-order chi connectivity index (χ1) is 14.1. The molecule has 1 atom stereocenters. The Labute approximate surface area is 165 Å². The lowest BCUT2D eigenvalue weighted by Crippen LogP contribution is -2.30. The molecule has 0 saturated carbocycles. The Morgan fingerprint density at radius 3 is 2.97 bits per heavy atom. The molecule has 1 fully saturated rings. The Bertz CT molecular complexity index is 1130. The molecule has 4 rings (SSSR count). The minimum absolute atomic E-state index is 0.0532. The molecule has 1 amide bonds. The fourth-order valence-corrected chi connectivity index (χ4v) is 3.29. The largest absolute Gasteiger partial charge is 0.480 e. The molecule has 0 spiro atoms. The summed E-state index contributed by atoms with van der Waals surface area (Å²) in [7, 11) is 1.46. The zero-order chi connectivity index (χ0) is 20.4. The van der Waals surface area contributed by atoms with E-state index < -0.39 is 6.09 Å². The number of hydrogen-bond acceptors (Lipinski definition) is 8. The van der Waals surface area contributed by atoms with Gasteiger partial charge in [-0.05, 0) is 24.6 Å². The number of anilines is 1. The Hall–Kier alpha value is -4.00. The Balaban J connectivity index is 1.68. The lowest BCUT2D eigenvalue weighted by Gasteiger charge is -2.15. The van der Waals surface area contributed by atoms with E-state index in [9.17, 15) is 10.1 Å². The fourth-order valence-electron chi connectivity index (χ4n) is 3.29. The number of aromatic nitrogens is 4. The standard InChI is InChI=1S/C19H17N7O3/c1-29-18-11(7-20)6-12(8-21-18)14-2-3-15-16(25-14)17(23-10-22-15)24-13-4-5-26(9-13)19(27)28/h2-3,6,8,10,13H,4-5,9H2,1H3,(H,27,28)(H,22,23,24). The highest BCUT2D eigenvalue weighted by atomic mass is 16.5. The predicted octanol–water partition coefficient (Wildman–Crippen LogP) is 2.13. The molecular weight excluding hydrogens is 374 g/mol. The minimum atomic E-state index is -0.928. The molecule has 3 aromatic rings. The van der Waals surface area contributed by atoms with E-state index in [4.69, 9.17) is 9.84 Å². The molecule has 2 N–H and O–H groups in total. The Morgan fingerprint density at radius 1 is 1.38 bits per heavy atom. The lowest BCUT2D eigenvalue weighted by atomic mass is 10.1. The molecule has 146 valence electrons. The molecule has 0 bridgehead atoms. The zero-order valence-corrected chi connectivity index (χ0v) is 15.5. The van der Waals surface area contributed by atoms with Crippen molar-refractivity contribution >= 4 is 22.9 Å². The molecule has 0 aromatic carbocycles. The van der Waals surface area contributed by atoms with Gasteiger partial charge in [-0.1, -0.05) is 0 Å². The molecule has 29 heavy (non-hydrogen) atoms. The molecule has 1 saturated heterocycles. The van der Waals surface area contributed by atoms with E-state index in [1.165, 1.54) is 18.3 Å². The van der Waals surface area contributed by atoms with Gasteiger partial charge in [-0.25, -0.2) is 24.7 Å². The number of nitrogens with zero attached hydrogens (tertiary/aromatic N) is 6. The number of fused-ring (bicyclic) bond motifs is 1. The van der Waals surface area contributed by atoms with Gasteiger partial charge < -0.3 is 20.1 Å². The summed E-state index contributed by atoms with van der Waals surface area (Å²) >= 11 is 0. The van der Waals surface area contributed by atoms with Crippen LogP contribution in [0.15, 0.2) is 30.7 Å². The van der Waals surface area contributed by atoms with Crippen LogP contribution in [0.3, 0.4) is 0 Å². The van der Waals surface area contributed by atoms with Crippen molar-refractivity contribution in [2.75, 3.05) is 25.5 Å². The van der Waals surface area contributed by atoms with Crippen molar-refractivity contribution in [2.24, 2.45) is 0 Å². The van der Waals surface area contributed by atoms with E-state index in [0.717, 1.165) is 0 Å². The van der Waals surface area contributed by atoms with Gasteiger partial charge in [0.05, 0.1) is 18.3 Å². The number of carboxylic acid groups (broad SMARTS) is 1. The van der Waals surface area contributed by atoms with E-state index >= 15 is 0 Å². The number of nitriles is 1. The monoisotopic (exact) mass is 391 g/mol. The smallest absolute Gasteiger partial charge is 0.407 e. The van der Waals surface area contributed by atoms with Crippen LogP contribution < -0.4 is 10.1 Å². The number of ether oxygens (including phenoxy) is 1. The van der Waals surface area contributed by atoms with Crippen molar-refractivity contribution in [2.45, 2.75) is 12.5 Å². The first-order valence-corrected chi connectivity index (χ1v) is 8.89. The lowest BCUT2D eigenvalue weighted by molar-refractivity contribution is 0.155. The predicted molar refractivity (Wildman–Crippen MR) is 103 cm³/mol. The molecule has 4 heterocycles. The second kappa shape index (κ2) is 7.55. The van der Waals surface area contributed by atoms with Gasteiger partial charge in [0.15, 0.2) is 5.82 Å². The number of carbonyl (C=O) groups is 1. The third kappa shape index (κ3) is 3.58. The maximum absolute atomic E-state index is 11.1. The average Bonchev–Trinajstić information content (AvgIpc) is 3.22. The Morgan fingerprint density at radius 2 is 2.24 bits per heavy atom. The van der Waals surface area contributed by atoms with Gasteiger partial charge in [0.25, 0.3) is 0 Å². The molecule has 3 aromatic heterocycles. The van der Waals surface area contributed by atoms with Gasteiger partial charge in [0.1, 0.15) is 23.5 Å². The normalized spacial score (nSPS) is 15.9. The van der Waals surface area contributed by atoms with Gasteiger partial charge >= 0.3 is 6.09 Å². The summed E-state index contributed by atoms with van der Waals surface area (Å²) in [5, 5.41) is 21.7. The molecule has 1 aliphatic heterocycles. The molecule has 10 nitrogen and oxygen atoms in total. The number of methoxy groups -OCH3 is 1. The molecule has 0 radical (unpaired) electrons. The van der Waals surface area contributed by atoms with Crippen molar-refractivity contribution in [1.82, 2.24) is 24.8 Å². The highest BCUT2D eigenvalue weighted by Gasteiger charge is 2.26. The summed E-state index contributed by atoms with van der Waals surface area (Å²) in [6, 6.07) is 7.29. The average molecular weight is 391 g/mol. The van der Waals surface area contributed by atoms with Gasteiger partial charge in [0.2, 0.25) is 5.88 Å². The number of pyridine rings is 2. The van der Waals surface area contributed by atoms with Crippen molar-refractivity contribution < 1.29 is 14.6 Å². The van der Waals surface area contributed by atoms with Gasteiger partial charge in [-0.15, -0.1) is 0 Å². The van der Waals surface area contributed by atoms with Gasteiger partial charge in [0, 0.05) is 30.9 Å². The third-order valence-electron chi connectivity index (χ3n) is 4.74. The fraction of sp³-hybridized carbons (Fsp3) is 0.263. The molecule has 0 aliphatic carbocycles. The summed E-state index contributed by atoms with van der Waals surface area (Å²) in [6.07, 6.45) is 2.79. The van der Waals surface area contributed by atoms with Crippen LogP contribution in [0.1, 0.15) is 12.0 Å². The SMILES string of the molecule is COc1ncc(-c2ccc3ncnc(NC4CCN(C(=O)O)C4)c3n2)cc1C#N. The number of amides is 1. The maximum atomic E-state index is 11.1. The van der Waals surface area contributed by atoms with Crippen LogP contribution in [0.2, 0.25) is 0 Å². The highest BCUT2D eigenvalue weighted by molar-refractivity contribution is 5.87. The van der Waals surface area contributed by atoms with Crippen LogP contribution in [0.4, 0.5) is 10.6 Å². The topological polar surface area (TPSA) is 137 Å². The van der Waals surface area contributed by atoms with Crippen LogP contribution in [-0.4, -0.2) is 62.3 Å². The number of nitrogens with one attached hydrogen (secondary N) is 1. The van der Waals surface area contributed by atoms with Gasteiger partial charge in [-0.2, -0.15) is 5.26 Å². The second-order valence-corrected chi connectivity index (χ2v) is 6.54. The highest BCUT2D eigenvalue weighted by Crippen LogP contribution is 2.26. The zero-order valence-electron chi connectivity index (χ0n) is 15.5. The first-order valence-electron chi connectivity index (χ1n) is 8.89. The van der Waals surface area contributed by atoms with Crippen LogP contribution in [0.5, 0.6) is 5.88 Å². The number of rotatable bonds is 4. The molecule has 1 unspecified atom stereocenters. The summed E-state index contributed by atoms with van der Waals surface area (Å²) in [6.45, 7) is 0.859. The van der Waals surface area contributed by atoms with E-state index in [1.54, 1.807) is 18.3 Å². The summed E-state index contributed by atoms with van der Waals surface area (Å²) < 4.78 is 5.09. The van der Waals surface area contributed by atoms with Crippen molar-refractivity contribution in [3.05, 3.63) is 36.3 Å². The second-order valence-electron chi connectivity index (χ2n) is 6.54. The van der Waals surface area contributed by atoms with Crippen molar-refractivity contribution in [3.8, 4) is 23.2 Å². The van der Waals surface area contributed by atoms with E-state index in [1.807, 2.05) is 6.07 Å². The van der Waals surface area contributed by atoms with Crippen molar-refractivity contribution in [3.63, 3.8) is 0 Å². The van der Waals surface area contributed by atoms with Gasteiger partial charge in [-0.3, -0.25) is 0 Å². The number of hydrogen-bond donors (Lipinski definition) is 2. The Kier molecular flexibility index (Phi) is 4.78. The summed E-state index contributed by atoms with van der Waals surface area (Å²) in [4.78, 5) is 29.9.